The first-order valence-corrected chi connectivity index (χ1v) is 10.5. The Hall–Kier alpha value is -2.08. The molecule has 0 aliphatic rings. The molecule has 1 unspecified atom stereocenters. The van der Waals surface area contributed by atoms with Crippen molar-refractivity contribution in [2.24, 2.45) is 0 Å². The van der Waals surface area contributed by atoms with Gasteiger partial charge < -0.3 is 0 Å². The second kappa shape index (κ2) is 14.0. The van der Waals surface area contributed by atoms with Gasteiger partial charge in [0.25, 0.3) is 0 Å². The summed E-state index contributed by atoms with van der Waals surface area (Å²) < 4.78 is 0. The van der Waals surface area contributed by atoms with Crippen LogP contribution in [0.4, 0.5) is 0 Å². The summed E-state index contributed by atoms with van der Waals surface area (Å²) >= 11 is 0. The Morgan fingerprint density at radius 3 is 1.64 bits per heavy atom. The lowest BCUT2D eigenvalue weighted by Crippen LogP contribution is -2.11. The highest BCUT2D eigenvalue weighted by atomic mass is 14.3. The smallest absolute Gasteiger partial charge is 0.0346 e. The van der Waals surface area contributed by atoms with Crippen LogP contribution in [0.2, 0.25) is 0 Å². The summed E-state index contributed by atoms with van der Waals surface area (Å²) in [5, 5.41) is 0. The molecule has 0 heterocycles. The third-order valence-electron chi connectivity index (χ3n) is 4.23. The fourth-order valence-corrected chi connectivity index (χ4v) is 3.31. The molecule has 28 heavy (non-hydrogen) atoms. The summed E-state index contributed by atoms with van der Waals surface area (Å²) in [4.78, 5) is 0. The van der Waals surface area contributed by atoms with Gasteiger partial charge in [-0.1, -0.05) is 99.6 Å². The van der Waals surface area contributed by atoms with E-state index in [1.807, 2.05) is 34.6 Å². The lowest BCUT2D eigenvalue weighted by molar-refractivity contribution is 0.903. The standard InChI is InChI=1S/C24H32.2C2H6/c1-15(2)13-22(16(3)4)24(23(17(5)6)18(7)8)21-12-11-19(9)14-20(21)10;2*1-2/h11-14,24H,1,3,5H2,2,4,6-10H3;2*1-2H3/b22-13+;;. The summed E-state index contributed by atoms with van der Waals surface area (Å²) in [5.41, 5.74) is 10.9. The summed E-state index contributed by atoms with van der Waals surface area (Å²) in [6.07, 6.45) is 2.16. The van der Waals surface area contributed by atoms with Crippen LogP contribution in [-0.4, -0.2) is 0 Å². The molecule has 156 valence electrons. The first-order chi connectivity index (χ1) is 13.1. The first kappa shape index (κ1) is 28.1. The molecule has 1 rings (SSSR count). The van der Waals surface area contributed by atoms with Gasteiger partial charge in [0.05, 0.1) is 0 Å². The molecule has 0 fully saturated rings. The van der Waals surface area contributed by atoms with Crippen molar-refractivity contribution in [2.45, 2.75) is 82.1 Å². The van der Waals surface area contributed by atoms with Crippen LogP contribution in [-0.2, 0) is 0 Å². The van der Waals surface area contributed by atoms with Crippen LogP contribution >= 0.6 is 0 Å². The monoisotopic (exact) mass is 380 g/mol. The van der Waals surface area contributed by atoms with Gasteiger partial charge >= 0.3 is 0 Å². The Morgan fingerprint density at radius 2 is 1.32 bits per heavy atom. The number of hydrogen-bond acceptors (Lipinski definition) is 0. The lowest BCUT2D eigenvalue weighted by atomic mass is 9.76. The fourth-order valence-electron chi connectivity index (χ4n) is 3.31. The highest BCUT2D eigenvalue weighted by Gasteiger charge is 2.24. The molecule has 0 saturated carbocycles. The lowest BCUT2D eigenvalue weighted by Gasteiger charge is -2.28. The molecule has 1 aromatic rings. The van der Waals surface area contributed by atoms with E-state index in [4.69, 9.17) is 0 Å². The molecule has 0 N–H and O–H groups in total. The molecular formula is C28H44. The van der Waals surface area contributed by atoms with Crippen molar-refractivity contribution in [3.05, 3.63) is 94.1 Å². The van der Waals surface area contributed by atoms with E-state index in [9.17, 15) is 0 Å². The van der Waals surface area contributed by atoms with Crippen LogP contribution < -0.4 is 0 Å². The van der Waals surface area contributed by atoms with Crippen molar-refractivity contribution in [3.63, 3.8) is 0 Å². The summed E-state index contributed by atoms with van der Waals surface area (Å²) in [5.74, 6) is 0.141. The van der Waals surface area contributed by atoms with Gasteiger partial charge in [-0.15, -0.1) is 0 Å². The average Bonchev–Trinajstić information content (AvgIpc) is 2.60. The van der Waals surface area contributed by atoms with E-state index in [1.54, 1.807) is 0 Å². The van der Waals surface area contributed by atoms with Crippen LogP contribution in [0.5, 0.6) is 0 Å². The Bertz CT molecular complexity index is 731. The SMILES string of the molecule is C=C(C)/C=C(\C(=C)C)C(C(C(=C)C)=C(C)C)c1ccc(C)cc1C.CC.CC. The predicted octanol–water partition coefficient (Wildman–Crippen LogP) is 9.43. The minimum Gasteiger partial charge on any atom is -0.0961 e. The van der Waals surface area contributed by atoms with Crippen molar-refractivity contribution in [2.75, 3.05) is 0 Å². The van der Waals surface area contributed by atoms with Gasteiger partial charge in [0, 0.05) is 5.92 Å². The van der Waals surface area contributed by atoms with Gasteiger partial charge in [0.1, 0.15) is 0 Å². The van der Waals surface area contributed by atoms with Gasteiger partial charge in [0.2, 0.25) is 0 Å². The third kappa shape index (κ3) is 8.30. The quantitative estimate of drug-likeness (QED) is 0.431. The highest BCUT2D eigenvalue weighted by molar-refractivity contribution is 5.56. The van der Waals surface area contributed by atoms with Crippen molar-refractivity contribution >= 4 is 0 Å². The Morgan fingerprint density at radius 1 is 0.821 bits per heavy atom. The van der Waals surface area contributed by atoms with Crippen LogP contribution in [0.15, 0.2) is 77.5 Å². The average molecular weight is 381 g/mol. The number of allylic oxidation sites excluding steroid dienone is 7. The van der Waals surface area contributed by atoms with Crippen LogP contribution in [0.3, 0.4) is 0 Å². The zero-order chi connectivity index (χ0) is 22.6. The maximum Gasteiger partial charge on any atom is 0.0346 e. The highest BCUT2D eigenvalue weighted by Crippen LogP contribution is 2.41. The minimum atomic E-state index is 0.141. The maximum absolute atomic E-state index is 4.25. The van der Waals surface area contributed by atoms with E-state index in [1.165, 1.54) is 33.4 Å². The summed E-state index contributed by atoms with van der Waals surface area (Å²) in [7, 11) is 0. The summed E-state index contributed by atoms with van der Waals surface area (Å²) in [6.45, 7) is 35.4. The Balaban J connectivity index is 0. The molecule has 0 aliphatic carbocycles. The molecule has 0 radical (unpaired) electrons. The van der Waals surface area contributed by atoms with Gasteiger partial charge in [0.15, 0.2) is 0 Å². The molecular weight excluding hydrogens is 336 g/mol. The topological polar surface area (TPSA) is 0 Å². The normalized spacial score (nSPS) is 11.2. The van der Waals surface area contributed by atoms with Crippen molar-refractivity contribution in [1.29, 1.82) is 0 Å². The van der Waals surface area contributed by atoms with Gasteiger partial charge in [-0.05, 0) is 70.7 Å². The van der Waals surface area contributed by atoms with E-state index in [-0.39, 0.29) is 5.92 Å². The number of aryl methyl sites for hydroxylation is 2. The van der Waals surface area contributed by atoms with Crippen molar-refractivity contribution in [3.8, 4) is 0 Å². The molecule has 1 atom stereocenters. The largest absolute Gasteiger partial charge is 0.0961 e. The zero-order valence-electron chi connectivity index (χ0n) is 20.5. The second-order valence-corrected chi connectivity index (χ2v) is 7.21. The molecule has 0 heteroatoms. The molecule has 0 bridgehead atoms. The maximum atomic E-state index is 4.25. The van der Waals surface area contributed by atoms with Gasteiger partial charge in [-0.2, -0.15) is 0 Å². The van der Waals surface area contributed by atoms with Gasteiger partial charge in [-0.25, -0.2) is 0 Å². The molecule has 0 saturated heterocycles. The molecule has 0 nitrogen and oxygen atoms in total. The van der Waals surface area contributed by atoms with E-state index in [0.717, 1.165) is 16.7 Å². The molecule has 1 aromatic carbocycles. The minimum absolute atomic E-state index is 0.141. The first-order valence-electron chi connectivity index (χ1n) is 10.5. The fraction of sp³-hybridized carbons (Fsp3) is 0.429. The summed E-state index contributed by atoms with van der Waals surface area (Å²) in [6, 6.07) is 6.68. The number of hydrogen-bond donors (Lipinski definition) is 0. The van der Waals surface area contributed by atoms with Crippen LogP contribution in [0.25, 0.3) is 0 Å². The Kier molecular flexibility index (Phi) is 14.1. The number of benzene rings is 1. The Labute approximate surface area is 176 Å². The number of rotatable bonds is 6. The second-order valence-electron chi connectivity index (χ2n) is 7.21. The zero-order valence-corrected chi connectivity index (χ0v) is 20.5. The molecule has 0 aliphatic heterocycles. The molecule has 0 amide bonds. The van der Waals surface area contributed by atoms with E-state index in [2.05, 4.69) is 85.6 Å². The van der Waals surface area contributed by atoms with E-state index < -0.39 is 0 Å². The van der Waals surface area contributed by atoms with Crippen LogP contribution in [0.1, 0.15) is 84.9 Å². The van der Waals surface area contributed by atoms with Crippen molar-refractivity contribution in [1.82, 2.24) is 0 Å². The molecule has 0 aromatic heterocycles. The van der Waals surface area contributed by atoms with Gasteiger partial charge in [-0.3, -0.25) is 0 Å². The van der Waals surface area contributed by atoms with Crippen molar-refractivity contribution < 1.29 is 0 Å². The molecule has 0 spiro atoms. The van der Waals surface area contributed by atoms with Crippen LogP contribution in [0, 0.1) is 13.8 Å². The predicted molar refractivity (Wildman–Crippen MR) is 132 cm³/mol. The third-order valence-corrected chi connectivity index (χ3v) is 4.23. The van der Waals surface area contributed by atoms with E-state index >= 15 is 0 Å². The van der Waals surface area contributed by atoms with E-state index in [0.29, 0.717) is 0 Å².